The molecule has 0 bridgehead atoms. The van der Waals surface area contributed by atoms with E-state index in [1.165, 1.54) is 14.0 Å². The molecule has 7 nitrogen and oxygen atoms in total. The van der Waals surface area contributed by atoms with Crippen LogP contribution < -0.4 is 20.1 Å². The Morgan fingerprint density at radius 3 is 2.36 bits per heavy atom. The molecule has 0 radical (unpaired) electrons. The van der Waals surface area contributed by atoms with E-state index in [4.69, 9.17) is 9.47 Å². The fraction of sp³-hybridized carbons (Fsp3) is 0.300. The molecule has 2 aromatic carbocycles. The standard InChI is InChI=1S/C20H24BrN3O4/c1-13(25)22-15-6-7-17(19(12-15)28-4)23-20(26)24(2)10-9-14-5-8-18(27-3)16(21)11-14/h5-8,11-12H,9-10H2,1-4H3,(H,22,25)(H,23,26). The number of benzene rings is 2. The molecule has 2 rings (SSSR count). The number of methoxy groups -OCH3 is 2. The van der Waals surface area contributed by atoms with E-state index in [0.29, 0.717) is 30.1 Å². The summed E-state index contributed by atoms with van der Waals surface area (Å²) in [5.41, 5.74) is 2.21. The van der Waals surface area contributed by atoms with Crippen molar-refractivity contribution in [3.63, 3.8) is 0 Å². The average Bonchev–Trinajstić information content (AvgIpc) is 2.66. The number of hydrogen-bond donors (Lipinski definition) is 2. The summed E-state index contributed by atoms with van der Waals surface area (Å²) in [7, 11) is 4.86. The zero-order valence-corrected chi connectivity index (χ0v) is 17.9. The van der Waals surface area contributed by atoms with Gasteiger partial charge in [0, 0.05) is 32.3 Å². The van der Waals surface area contributed by atoms with Gasteiger partial charge in [0.2, 0.25) is 5.91 Å². The number of halogens is 1. The van der Waals surface area contributed by atoms with Crippen LogP contribution in [0.2, 0.25) is 0 Å². The van der Waals surface area contributed by atoms with Crippen molar-refractivity contribution in [1.82, 2.24) is 4.90 Å². The monoisotopic (exact) mass is 449 g/mol. The molecule has 0 aliphatic carbocycles. The number of hydrogen-bond acceptors (Lipinski definition) is 4. The molecule has 8 heteroatoms. The Morgan fingerprint density at radius 2 is 1.75 bits per heavy atom. The zero-order valence-electron chi connectivity index (χ0n) is 16.3. The summed E-state index contributed by atoms with van der Waals surface area (Å²) in [4.78, 5) is 25.3. The number of likely N-dealkylation sites (N-methyl/N-ethyl adjacent to an activating group) is 1. The number of urea groups is 1. The molecule has 0 unspecified atom stereocenters. The lowest BCUT2D eigenvalue weighted by Crippen LogP contribution is -2.33. The predicted molar refractivity (Wildman–Crippen MR) is 113 cm³/mol. The van der Waals surface area contributed by atoms with Gasteiger partial charge in [-0.25, -0.2) is 4.79 Å². The van der Waals surface area contributed by atoms with Crippen LogP contribution in [0.1, 0.15) is 12.5 Å². The van der Waals surface area contributed by atoms with E-state index in [0.717, 1.165) is 15.8 Å². The number of amides is 3. The van der Waals surface area contributed by atoms with Gasteiger partial charge in [-0.1, -0.05) is 6.07 Å². The van der Waals surface area contributed by atoms with E-state index in [1.54, 1.807) is 37.3 Å². The molecule has 3 amide bonds. The van der Waals surface area contributed by atoms with Crippen LogP contribution in [0.5, 0.6) is 11.5 Å². The van der Waals surface area contributed by atoms with Crippen LogP contribution in [0.4, 0.5) is 16.2 Å². The molecule has 0 spiro atoms. The topological polar surface area (TPSA) is 79.9 Å². The zero-order chi connectivity index (χ0) is 20.7. The van der Waals surface area contributed by atoms with Crippen LogP contribution in [0.15, 0.2) is 40.9 Å². The largest absolute Gasteiger partial charge is 0.496 e. The van der Waals surface area contributed by atoms with Gasteiger partial charge in [-0.15, -0.1) is 0 Å². The Bertz CT molecular complexity index is 857. The first-order valence-electron chi connectivity index (χ1n) is 8.64. The summed E-state index contributed by atoms with van der Waals surface area (Å²) in [6, 6.07) is 10.6. The fourth-order valence-corrected chi connectivity index (χ4v) is 3.14. The summed E-state index contributed by atoms with van der Waals surface area (Å²) < 4.78 is 11.4. The molecule has 150 valence electrons. The average molecular weight is 450 g/mol. The Hall–Kier alpha value is -2.74. The third kappa shape index (κ3) is 5.88. The van der Waals surface area contributed by atoms with Crippen LogP contribution in [0, 0.1) is 0 Å². The van der Waals surface area contributed by atoms with E-state index in [-0.39, 0.29) is 11.9 Å². The highest BCUT2D eigenvalue weighted by Gasteiger charge is 2.13. The lowest BCUT2D eigenvalue weighted by atomic mass is 10.1. The van der Waals surface area contributed by atoms with Gasteiger partial charge in [0.25, 0.3) is 0 Å². The molecule has 28 heavy (non-hydrogen) atoms. The van der Waals surface area contributed by atoms with Gasteiger partial charge in [-0.3, -0.25) is 4.79 Å². The second-order valence-corrected chi connectivity index (χ2v) is 7.02. The van der Waals surface area contributed by atoms with Gasteiger partial charge in [0.1, 0.15) is 11.5 Å². The minimum Gasteiger partial charge on any atom is -0.496 e. The summed E-state index contributed by atoms with van der Waals surface area (Å²) in [6.45, 7) is 1.97. The number of carbonyl (C=O) groups excluding carboxylic acids is 2. The van der Waals surface area contributed by atoms with Crippen LogP contribution in [0.3, 0.4) is 0 Å². The lowest BCUT2D eigenvalue weighted by molar-refractivity contribution is -0.114. The fourth-order valence-electron chi connectivity index (χ4n) is 2.55. The van der Waals surface area contributed by atoms with Crippen LogP contribution >= 0.6 is 15.9 Å². The van der Waals surface area contributed by atoms with Crippen molar-refractivity contribution in [2.24, 2.45) is 0 Å². The molecule has 0 aromatic heterocycles. The summed E-state index contributed by atoms with van der Waals surface area (Å²) in [5, 5.41) is 5.51. The van der Waals surface area contributed by atoms with Crippen molar-refractivity contribution in [3.8, 4) is 11.5 Å². The Morgan fingerprint density at radius 1 is 1.04 bits per heavy atom. The molecular formula is C20H24BrN3O4. The van der Waals surface area contributed by atoms with E-state index < -0.39 is 0 Å². The number of rotatable bonds is 7. The number of ether oxygens (including phenoxy) is 2. The SMILES string of the molecule is COc1ccc(CCN(C)C(=O)Nc2ccc(NC(C)=O)cc2OC)cc1Br. The molecule has 0 atom stereocenters. The van der Waals surface area contributed by atoms with E-state index >= 15 is 0 Å². The van der Waals surface area contributed by atoms with Crippen molar-refractivity contribution in [2.75, 3.05) is 38.4 Å². The van der Waals surface area contributed by atoms with E-state index in [2.05, 4.69) is 26.6 Å². The molecule has 0 saturated heterocycles. The second kappa shape index (κ2) is 9.98. The van der Waals surface area contributed by atoms with Gasteiger partial charge >= 0.3 is 6.03 Å². The molecule has 2 N–H and O–H groups in total. The lowest BCUT2D eigenvalue weighted by Gasteiger charge is -2.19. The molecular weight excluding hydrogens is 426 g/mol. The summed E-state index contributed by atoms with van der Waals surface area (Å²) in [5.74, 6) is 1.06. The second-order valence-electron chi connectivity index (χ2n) is 6.17. The first-order chi connectivity index (χ1) is 13.3. The Balaban J connectivity index is 1.98. The quantitative estimate of drug-likeness (QED) is 0.665. The highest BCUT2D eigenvalue weighted by molar-refractivity contribution is 9.10. The number of anilines is 2. The van der Waals surface area contributed by atoms with Crippen molar-refractivity contribution in [3.05, 3.63) is 46.4 Å². The Kier molecular flexibility index (Phi) is 7.69. The first kappa shape index (κ1) is 21.6. The van der Waals surface area contributed by atoms with E-state index in [1.807, 2.05) is 18.2 Å². The highest BCUT2D eigenvalue weighted by Crippen LogP contribution is 2.28. The molecule has 0 heterocycles. The third-order valence-corrected chi connectivity index (χ3v) is 4.68. The third-order valence-electron chi connectivity index (χ3n) is 4.06. The molecule has 0 saturated carbocycles. The highest BCUT2D eigenvalue weighted by atomic mass is 79.9. The van der Waals surface area contributed by atoms with Crippen molar-refractivity contribution in [1.29, 1.82) is 0 Å². The predicted octanol–water partition coefficient (Wildman–Crippen LogP) is 4.13. The maximum Gasteiger partial charge on any atom is 0.321 e. The van der Waals surface area contributed by atoms with Gasteiger partial charge in [0.15, 0.2) is 0 Å². The minimum atomic E-state index is -0.252. The van der Waals surface area contributed by atoms with Crippen LogP contribution in [-0.4, -0.2) is 44.7 Å². The van der Waals surface area contributed by atoms with Crippen molar-refractivity contribution in [2.45, 2.75) is 13.3 Å². The normalized spacial score (nSPS) is 10.2. The minimum absolute atomic E-state index is 0.177. The van der Waals surface area contributed by atoms with Crippen LogP contribution in [-0.2, 0) is 11.2 Å². The van der Waals surface area contributed by atoms with Gasteiger partial charge < -0.3 is 25.0 Å². The number of nitrogens with zero attached hydrogens (tertiary/aromatic N) is 1. The maximum atomic E-state index is 12.5. The smallest absolute Gasteiger partial charge is 0.321 e. The number of carbonyl (C=O) groups is 2. The summed E-state index contributed by atoms with van der Waals surface area (Å²) >= 11 is 3.47. The Labute approximate surface area is 173 Å². The van der Waals surface area contributed by atoms with E-state index in [9.17, 15) is 9.59 Å². The molecule has 2 aromatic rings. The van der Waals surface area contributed by atoms with Crippen molar-refractivity contribution >= 4 is 39.2 Å². The van der Waals surface area contributed by atoms with Gasteiger partial charge in [-0.05, 0) is 52.2 Å². The van der Waals surface area contributed by atoms with Crippen molar-refractivity contribution < 1.29 is 19.1 Å². The van der Waals surface area contributed by atoms with Gasteiger partial charge in [0.05, 0.1) is 24.4 Å². The van der Waals surface area contributed by atoms with Crippen LogP contribution in [0.25, 0.3) is 0 Å². The number of nitrogens with one attached hydrogen (secondary N) is 2. The first-order valence-corrected chi connectivity index (χ1v) is 9.43. The molecule has 0 aliphatic heterocycles. The maximum absolute atomic E-state index is 12.5. The summed E-state index contributed by atoms with van der Waals surface area (Å²) in [6.07, 6.45) is 0.700. The molecule has 0 aliphatic rings. The molecule has 0 fully saturated rings. The van der Waals surface area contributed by atoms with Gasteiger partial charge in [-0.2, -0.15) is 0 Å².